The Balaban J connectivity index is 0.000000326. The number of likely N-dealkylation sites (tertiary alicyclic amines) is 1. The number of hydrogen-bond donors (Lipinski definition) is 1. The molecule has 0 bridgehead atoms. The summed E-state index contributed by atoms with van der Waals surface area (Å²) in [7, 11) is 3.61. The van der Waals surface area contributed by atoms with Gasteiger partial charge in [0.25, 0.3) is 5.91 Å². The van der Waals surface area contributed by atoms with Gasteiger partial charge in [-0.3, -0.25) is 14.6 Å². The van der Waals surface area contributed by atoms with E-state index in [1.807, 2.05) is 11.9 Å². The Kier molecular flexibility index (Phi) is 14.8. The van der Waals surface area contributed by atoms with Crippen LogP contribution in [0, 0.1) is 12.8 Å². The number of allylic oxidation sites excluding steroid dienone is 1. The summed E-state index contributed by atoms with van der Waals surface area (Å²) in [5.74, 6) is -0.226. The van der Waals surface area contributed by atoms with Crippen LogP contribution in [0.4, 0.5) is 13.2 Å². The summed E-state index contributed by atoms with van der Waals surface area (Å²) in [6.07, 6.45) is 1.03. The van der Waals surface area contributed by atoms with Crippen molar-refractivity contribution in [2.45, 2.75) is 65.2 Å². The number of piperidine rings is 1. The van der Waals surface area contributed by atoms with Crippen molar-refractivity contribution in [3.05, 3.63) is 76.8 Å². The molecule has 4 rings (SSSR count). The first-order valence-electron chi connectivity index (χ1n) is 14.9. The summed E-state index contributed by atoms with van der Waals surface area (Å²) in [5, 5.41) is 7.86. The molecule has 1 aromatic heterocycles. The van der Waals surface area contributed by atoms with Crippen LogP contribution >= 0.6 is 0 Å². The maximum absolute atomic E-state index is 13.3. The maximum Gasteiger partial charge on any atom is 0.418 e. The number of carbonyl (C=O) groups is 2. The fourth-order valence-electron chi connectivity index (χ4n) is 5.39. The number of halogens is 3. The highest BCUT2D eigenvalue weighted by molar-refractivity contribution is 5.94. The molecule has 2 aliphatic rings. The minimum Gasteiger partial charge on any atom is -0.513 e. The number of pyridine rings is 1. The van der Waals surface area contributed by atoms with Crippen LogP contribution in [-0.2, 0) is 28.7 Å². The van der Waals surface area contributed by atoms with Gasteiger partial charge in [0.05, 0.1) is 17.9 Å². The van der Waals surface area contributed by atoms with Crippen molar-refractivity contribution in [3.63, 3.8) is 0 Å². The number of nitrogens with zero attached hydrogens (tertiary/aromatic N) is 4. The van der Waals surface area contributed by atoms with E-state index in [4.69, 9.17) is 9.84 Å². The van der Waals surface area contributed by atoms with Crippen molar-refractivity contribution in [2.24, 2.45) is 5.92 Å². The average Bonchev–Trinajstić information content (AvgIpc) is 2.98. The van der Waals surface area contributed by atoms with Crippen molar-refractivity contribution < 1.29 is 32.6 Å². The predicted octanol–water partition coefficient (Wildman–Crippen LogP) is 5.90. The van der Waals surface area contributed by atoms with Crippen molar-refractivity contribution in [1.82, 2.24) is 19.7 Å². The number of benzene rings is 1. The molecule has 244 valence electrons. The van der Waals surface area contributed by atoms with Gasteiger partial charge < -0.3 is 24.5 Å². The van der Waals surface area contributed by atoms with Gasteiger partial charge in [0, 0.05) is 45.5 Å². The van der Waals surface area contributed by atoms with Crippen molar-refractivity contribution in [3.8, 4) is 0 Å². The van der Waals surface area contributed by atoms with E-state index < -0.39 is 23.3 Å². The van der Waals surface area contributed by atoms with Gasteiger partial charge in [0.2, 0.25) is 6.41 Å². The summed E-state index contributed by atoms with van der Waals surface area (Å²) in [6, 6.07) is 8.48. The number of rotatable bonds is 8. The first-order chi connectivity index (χ1) is 20.8. The van der Waals surface area contributed by atoms with Gasteiger partial charge in [-0.2, -0.15) is 13.2 Å². The number of hydrogen-bond acceptors (Lipinski definition) is 6. The number of fused-ring (bicyclic) bond motifs is 1. The monoisotopic (exact) mass is 620 g/mol. The maximum atomic E-state index is 13.3. The van der Waals surface area contributed by atoms with E-state index in [1.165, 1.54) is 35.9 Å². The fraction of sp³-hybridized carbons (Fsp3) is 0.545. The highest BCUT2D eigenvalue weighted by Crippen LogP contribution is 2.33. The minimum absolute atomic E-state index is 0.0978. The summed E-state index contributed by atoms with van der Waals surface area (Å²) in [6.45, 7) is 13.0. The third-order valence-electron chi connectivity index (χ3n) is 7.73. The zero-order valence-corrected chi connectivity index (χ0v) is 26.6. The molecule has 1 aromatic carbocycles. The number of amides is 2. The Labute approximate surface area is 259 Å². The van der Waals surface area contributed by atoms with Gasteiger partial charge in [-0.1, -0.05) is 37.3 Å². The SMILES string of the molecule is C=C(C)O.COCCN(C)CC[C@@H]1[C@H](C)CCCN1C(=O)c1ncccc1C(F)(F)F.Cc1ccc2c(c1)CCN(C=O)C2. The molecule has 2 aromatic rings. The van der Waals surface area contributed by atoms with Crippen LogP contribution in [0.2, 0.25) is 0 Å². The molecule has 0 unspecified atom stereocenters. The van der Waals surface area contributed by atoms with E-state index in [1.54, 1.807) is 12.0 Å². The van der Waals surface area contributed by atoms with Gasteiger partial charge in [-0.15, -0.1) is 0 Å². The van der Waals surface area contributed by atoms with Crippen LogP contribution in [0.1, 0.15) is 65.9 Å². The number of aryl methyl sites for hydroxylation is 1. The zero-order chi connectivity index (χ0) is 32.9. The molecule has 11 heteroatoms. The number of ether oxygens (including phenoxy) is 1. The van der Waals surface area contributed by atoms with E-state index in [0.29, 0.717) is 19.6 Å². The lowest BCUT2D eigenvalue weighted by molar-refractivity contribution is -0.138. The fourth-order valence-corrected chi connectivity index (χ4v) is 5.39. The first kappa shape index (κ1) is 36.8. The highest BCUT2D eigenvalue weighted by atomic mass is 19.4. The lowest BCUT2D eigenvalue weighted by Crippen LogP contribution is -2.49. The zero-order valence-electron chi connectivity index (χ0n) is 26.6. The molecule has 2 atom stereocenters. The van der Waals surface area contributed by atoms with Crippen LogP contribution in [0.15, 0.2) is 48.9 Å². The van der Waals surface area contributed by atoms with Crippen molar-refractivity contribution >= 4 is 12.3 Å². The smallest absolute Gasteiger partial charge is 0.418 e. The van der Waals surface area contributed by atoms with Crippen LogP contribution in [0.5, 0.6) is 0 Å². The van der Waals surface area contributed by atoms with Gasteiger partial charge in [-0.05, 0) is 82.3 Å². The van der Waals surface area contributed by atoms with Crippen LogP contribution < -0.4 is 0 Å². The van der Waals surface area contributed by atoms with E-state index in [9.17, 15) is 22.8 Å². The third-order valence-corrected chi connectivity index (χ3v) is 7.73. The second-order valence-corrected chi connectivity index (χ2v) is 11.5. The topological polar surface area (TPSA) is 86.2 Å². The molecule has 0 saturated carbocycles. The normalized spacial score (nSPS) is 17.9. The van der Waals surface area contributed by atoms with E-state index in [-0.39, 0.29) is 17.7 Å². The number of aliphatic hydroxyl groups is 1. The molecule has 44 heavy (non-hydrogen) atoms. The second-order valence-electron chi connectivity index (χ2n) is 11.5. The molecular formula is C33H47F3N4O4. The van der Waals surface area contributed by atoms with Crippen molar-refractivity contribution in [2.75, 3.05) is 46.9 Å². The molecule has 1 N–H and O–H groups in total. The largest absolute Gasteiger partial charge is 0.513 e. The number of aromatic nitrogens is 1. The summed E-state index contributed by atoms with van der Waals surface area (Å²) >= 11 is 0. The number of alkyl halides is 3. The van der Waals surface area contributed by atoms with Gasteiger partial charge >= 0.3 is 6.18 Å². The van der Waals surface area contributed by atoms with Crippen molar-refractivity contribution in [1.29, 1.82) is 0 Å². The predicted molar refractivity (Wildman–Crippen MR) is 165 cm³/mol. The molecule has 3 heterocycles. The number of aliphatic hydroxyl groups excluding tert-OH is 1. The van der Waals surface area contributed by atoms with E-state index in [0.717, 1.165) is 57.9 Å². The number of likely N-dealkylation sites (N-methyl/N-ethyl adjacent to an activating group) is 1. The molecule has 2 amide bonds. The highest BCUT2D eigenvalue weighted by Gasteiger charge is 2.39. The van der Waals surface area contributed by atoms with Crippen LogP contribution in [-0.4, -0.2) is 90.1 Å². The average molecular weight is 621 g/mol. The Hall–Kier alpha value is -3.44. The van der Waals surface area contributed by atoms with Gasteiger partial charge in [0.15, 0.2) is 0 Å². The Morgan fingerprint density at radius 1 is 1.23 bits per heavy atom. The molecule has 0 aliphatic carbocycles. The molecule has 0 spiro atoms. The number of carbonyl (C=O) groups excluding carboxylic acids is 2. The van der Waals surface area contributed by atoms with Crippen LogP contribution in [0.3, 0.4) is 0 Å². The molecule has 0 radical (unpaired) electrons. The first-order valence-corrected chi connectivity index (χ1v) is 14.9. The molecular weight excluding hydrogens is 573 g/mol. The minimum atomic E-state index is -4.60. The van der Waals surface area contributed by atoms with Gasteiger partial charge in [0.1, 0.15) is 5.69 Å². The summed E-state index contributed by atoms with van der Waals surface area (Å²) < 4.78 is 44.9. The standard InChI is InChI=1S/C19H28F3N3O2.C11H13NO.C3H6O/c1-14-6-5-10-25(16(14)8-11-24(2)12-13-27-3)18(26)17-15(19(20,21)22)7-4-9-23-17;1-9-2-3-11-7-12(8-13)5-4-10(11)6-9;1-3(2)4/h4,7,9,14,16H,5-6,8,10-13H2,1-3H3;2-3,6,8H,4-5,7H2,1H3;4H,1H2,2H3/t14-,16-;;/m1../s1. The lowest BCUT2D eigenvalue weighted by Gasteiger charge is -2.41. The second kappa shape index (κ2) is 17.8. The Morgan fingerprint density at radius 2 is 1.93 bits per heavy atom. The Morgan fingerprint density at radius 3 is 2.57 bits per heavy atom. The lowest BCUT2D eigenvalue weighted by atomic mass is 9.88. The summed E-state index contributed by atoms with van der Waals surface area (Å²) in [5.41, 5.74) is 2.53. The molecule has 2 aliphatic heterocycles. The molecule has 1 saturated heterocycles. The molecule has 8 nitrogen and oxygen atoms in total. The van der Waals surface area contributed by atoms with E-state index >= 15 is 0 Å². The quantitative estimate of drug-likeness (QED) is 0.292. The number of methoxy groups -OCH3 is 1. The third kappa shape index (κ3) is 11.6. The van der Waals surface area contributed by atoms with Crippen LogP contribution in [0.25, 0.3) is 0 Å². The van der Waals surface area contributed by atoms with Gasteiger partial charge in [-0.25, -0.2) is 0 Å². The summed E-state index contributed by atoms with van der Waals surface area (Å²) in [4.78, 5) is 32.8. The molecule has 1 fully saturated rings. The Bertz CT molecular complexity index is 1220. The van der Waals surface area contributed by atoms with E-state index in [2.05, 4.69) is 48.5 Å².